The van der Waals surface area contributed by atoms with E-state index in [0.717, 1.165) is 7.11 Å². The summed E-state index contributed by atoms with van der Waals surface area (Å²) in [7, 11) is 0.912. The van der Waals surface area contributed by atoms with Crippen LogP contribution in [0, 0.1) is 5.82 Å². The molecule has 0 fully saturated rings. The maximum atomic E-state index is 14.9. The second kappa shape index (κ2) is 9.99. The minimum Gasteiger partial charge on any atom is -0.466 e. The zero-order valence-corrected chi connectivity index (χ0v) is 18.5. The third-order valence-corrected chi connectivity index (χ3v) is 5.29. The number of esters is 2. The maximum Gasteiger partial charge on any atom is 0.418 e. The second-order valence-electron chi connectivity index (χ2n) is 6.14. The molecule has 12 heteroatoms. The molecular weight excluding hydrogens is 517 g/mol. The molecule has 1 aromatic carbocycles. The first kappa shape index (κ1) is 25.1. The van der Waals surface area contributed by atoms with Crippen molar-refractivity contribution < 1.29 is 41.0 Å². The first-order valence-corrected chi connectivity index (χ1v) is 10.2. The number of benzene rings is 1. The Kier molecular flexibility index (Phi) is 8.09. The van der Waals surface area contributed by atoms with E-state index in [9.17, 15) is 31.5 Å². The van der Waals surface area contributed by atoms with Crippen LogP contribution in [0.2, 0.25) is 5.02 Å². The lowest BCUT2D eigenvalue weighted by Crippen LogP contribution is -2.36. The molecule has 0 spiro atoms. The zero-order valence-electron chi connectivity index (χ0n) is 16.1. The fraction of sp³-hybridized carbons (Fsp3) is 0.368. The van der Waals surface area contributed by atoms with Gasteiger partial charge in [-0.25, -0.2) is 18.4 Å². The topological polar surface area (TPSA) is 64.6 Å². The van der Waals surface area contributed by atoms with Crippen LogP contribution in [0.25, 0.3) is 0 Å². The normalized spacial score (nSPS) is 16.9. The SMILES string of the molecule is CCOC(=O)C1=C(CBr)NC(CF)=C(C(=O)OC)C1c1c(F)ccc(Cl)c1C(F)(F)F. The van der Waals surface area contributed by atoms with Gasteiger partial charge in [0.2, 0.25) is 0 Å². The molecule has 0 bridgehead atoms. The summed E-state index contributed by atoms with van der Waals surface area (Å²) in [5.41, 5.74) is -4.51. The zero-order chi connectivity index (χ0) is 23.5. The lowest BCUT2D eigenvalue weighted by molar-refractivity contribution is -0.141. The average Bonchev–Trinajstić information content (AvgIpc) is 2.72. The van der Waals surface area contributed by atoms with Crippen molar-refractivity contribution in [1.82, 2.24) is 5.32 Å². The molecule has 1 atom stereocenters. The molecule has 1 unspecified atom stereocenters. The number of ether oxygens (including phenoxy) is 2. The van der Waals surface area contributed by atoms with Crippen LogP contribution in [-0.2, 0) is 25.2 Å². The number of carbonyl (C=O) groups excluding carboxylic acids is 2. The minimum absolute atomic E-state index is 0.101. The van der Waals surface area contributed by atoms with E-state index < -0.39 is 69.5 Å². The van der Waals surface area contributed by atoms with Crippen molar-refractivity contribution in [2.75, 3.05) is 25.7 Å². The monoisotopic (exact) mass is 531 g/mol. The van der Waals surface area contributed by atoms with Crippen LogP contribution in [0.5, 0.6) is 0 Å². The number of dihydropyridines is 1. The molecule has 0 saturated carbocycles. The van der Waals surface area contributed by atoms with Gasteiger partial charge < -0.3 is 14.8 Å². The third kappa shape index (κ3) is 4.87. The predicted molar refractivity (Wildman–Crippen MR) is 105 cm³/mol. The second-order valence-corrected chi connectivity index (χ2v) is 7.11. The number of alkyl halides is 5. The van der Waals surface area contributed by atoms with Gasteiger partial charge in [-0.1, -0.05) is 27.5 Å². The fourth-order valence-electron chi connectivity index (χ4n) is 3.25. The number of hydrogen-bond donors (Lipinski definition) is 1. The summed E-state index contributed by atoms with van der Waals surface area (Å²) in [6, 6.07) is 1.36. The molecule has 170 valence electrons. The molecule has 1 heterocycles. The van der Waals surface area contributed by atoms with Gasteiger partial charge >= 0.3 is 18.1 Å². The van der Waals surface area contributed by atoms with E-state index in [1.54, 1.807) is 0 Å². The highest BCUT2D eigenvalue weighted by Gasteiger charge is 2.46. The molecule has 31 heavy (non-hydrogen) atoms. The molecule has 1 N–H and O–H groups in total. The Labute approximate surface area is 187 Å². The molecule has 0 aliphatic carbocycles. The van der Waals surface area contributed by atoms with Crippen LogP contribution in [0.1, 0.15) is 24.0 Å². The number of carbonyl (C=O) groups is 2. The summed E-state index contributed by atoms with van der Waals surface area (Å²) in [5, 5.41) is 1.47. The Morgan fingerprint density at radius 3 is 2.29 bits per heavy atom. The lowest BCUT2D eigenvalue weighted by atomic mass is 9.78. The van der Waals surface area contributed by atoms with Crippen molar-refractivity contribution in [1.29, 1.82) is 0 Å². The van der Waals surface area contributed by atoms with Crippen molar-refractivity contribution in [2.45, 2.75) is 19.0 Å². The van der Waals surface area contributed by atoms with Gasteiger partial charge in [0.15, 0.2) is 0 Å². The smallest absolute Gasteiger partial charge is 0.418 e. The number of halogens is 7. The van der Waals surface area contributed by atoms with Crippen molar-refractivity contribution in [3.63, 3.8) is 0 Å². The fourth-order valence-corrected chi connectivity index (χ4v) is 3.96. The Hall–Kier alpha value is -2.14. The maximum absolute atomic E-state index is 14.9. The van der Waals surface area contributed by atoms with Crippen LogP contribution in [0.4, 0.5) is 22.0 Å². The van der Waals surface area contributed by atoms with Gasteiger partial charge in [-0.15, -0.1) is 0 Å². The Morgan fingerprint density at radius 1 is 1.19 bits per heavy atom. The summed E-state index contributed by atoms with van der Waals surface area (Å²) in [6.45, 7) is -0.0538. The van der Waals surface area contributed by atoms with Gasteiger partial charge in [0.05, 0.1) is 47.1 Å². The molecule has 5 nitrogen and oxygen atoms in total. The van der Waals surface area contributed by atoms with E-state index in [0.29, 0.717) is 12.1 Å². The van der Waals surface area contributed by atoms with E-state index in [-0.39, 0.29) is 17.6 Å². The van der Waals surface area contributed by atoms with E-state index in [1.165, 1.54) is 6.92 Å². The lowest BCUT2D eigenvalue weighted by Gasteiger charge is -2.32. The van der Waals surface area contributed by atoms with Gasteiger partial charge in [0.25, 0.3) is 0 Å². The van der Waals surface area contributed by atoms with Crippen LogP contribution >= 0.6 is 27.5 Å². The van der Waals surface area contributed by atoms with Crippen LogP contribution in [0.3, 0.4) is 0 Å². The van der Waals surface area contributed by atoms with Crippen LogP contribution in [0.15, 0.2) is 34.7 Å². The molecule has 2 rings (SSSR count). The molecule has 0 radical (unpaired) electrons. The highest BCUT2D eigenvalue weighted by molar-refractivity contribution is 9.09. The molecule has 0 amide bonds. The Morgan fingerprint density at radius 2 is 1.81 bits per heavy atom. The van der Waals surface area contributed by atoms with Gasteiger partial charge in [-0.2, -0.15) is 13.2 Å². The highest BCUT2D eigenvalue weighted by Crippen LogP contribution is 2.48. The third-order valence-electron chi connectivity index (χ3n) is 4.41. The van der Waals surface area contributed by atoms with E-state index in [1.807, 2.05) is 0 Å². The Bertz CT molecular complexity index is 961. The number of methoxy groups -OCH3 is 1. The van der Waals surface area contributed by atoms with E-state index in [4.69, 9.17) is 16.3 Å². The first-order valence-electron chi connectivity index (χ1n) is 8.68. The van der Waals surface area contributed by atoms with Crippen LogP contribution in [-0.4, -0.2) is 37.7 Å². The summed E-state index contributed by atoms with van der Waals surface area (Å²) in [5.74, 6) is -5.78. The Balaban J connectivity index is 3.03. The van der Waals surface area contributed by atoms with E-state index >= 15 is 0 Å². The highest BCUT2D eigenvalue weighted by atomic mass is 79.9. The van der Waals surface area contributed by atoms with Crippen molar-refractivity contribution in [3.05, 3.63) is 56.6 Å². The molecule has 0 saturated heterocycles. The number of hydrogen-bond acceptors (Lipinski definition) is 5. The summed E-state index contributed by atoms with van der Waals surface area (Å²) < 4.78 is 79.9. The number of rotatable bonds is 6. The predicted octanol–water partition coefficient (Wildman–Crippen LogP) is 4.79. The quantitative estimate of drug-likeness (QED) is 0.324. The molecule has 1 aliphatic heterocycles. The molecule has 0 aromatic heterocycles. The number of allylic oxidation sites excluding steroid dienone is 2. The molecule has 1 aromatic rings. The van der Waals surface area contributed by atoms with Gasteiger partial charge in [-0.3, -0.25) is 0 Å². The summed E-state index contributed by atoms with van der Waals surface area (Å²) >= 11 is 8.81. The van der Waals surface area contributed by atoms with Gasteiger partial charge in [-0.05, 0) is 19.1 Å². The van der Waals surface area contributed by atoms with Crippen LogP contribution < -0.4 is 5.32 Å². The van der Waals surface area contributed by atoms with E-state index in [2.05, 4.69) is 26.0 Å². The first-order chi connectivity index (χ1) is 14.5. The minimum atomic E-state index is -5.16. The largest absolute Gasteiger partial charge is 0.466 e. The standard InChI is InChI=1S/C19H16BrClF5NO4/c1-3-31-18(29)13-10(6-20)27-11(7-22)14(17(28)30-2)15(13)12-9(23)5-4-8(21)16(12)19(24,25)26/h4-5,15,27H,3,6-7H2,1-2H3. The van der Waals surface area contributed by atoms with Crippen molar-refractivity contribution in [2.24, 2.45) is 0 Å². The molecular formula is C19H16BrClF5NO4. The summed E-state index contributed by atoms with van der Waals surface area (Å²) in [6.07, 6.45) is -5.16. The van der Waals surface area contributed by atoms with Gasteiger partial charge in [0.1, 0.15) is 12.5 Å². The van der Waals surface area contributed by atoms with Crippen molar-refractivity contribution >= 4 is 39.5 Å². The van der Waals surface area contributed by atoms with Gasteiger partial charge in [0, 0.05) is 16.6 Å². The van der Waals surface area contributed by atoms with Crippen molar-refractivity contribution in [3.8, 4) is 0 Å². The molecule has 1 aliphatic rings. The number of nitrogens with one attached hydrogen (secondary N) is 1. The summed E-state index contributed by atoms with van der Waals surface area (Å²) in [4.78, 5) is 25.2. The average molecular weight is 533 g/mol.